The fourth-order valence-corrected chi connectivity index (χ4v) is 2.92. The topological polar surface area (TPSA) is 41.1 Å². The molecule has 2 aliphatic heterocycles. The summed E-state index contributed by atoms with van der Waals surface area (Å²) >= 11 is 0. The van der Waals surface area contributed by atoms with Crippen molar-refractivity contribution < 1.29 is 13.6 Å². The molecule has 1 aromatic rings. The first kappa shape index (κ1) is 10.5. The molecule has 0 saturated heterocycles. The summed E-state index contributed by atoms with van der Waals surface area (Å²) in [4.78, 5) is 11.6. The molecule has 0 radical (unpaired) electrons. The lowest BCUT2D eigenvalue weighted by Crippen LogP contribution is -2.39. The minimum Gasteiger partial charge on any atom is -0.384 e. The highest BCUT2D eigenvalue weighted by atomic mass is 19.3. The van der Waals surface area contributed by atoms with Gasteiger partial charge in [-0.2, -0.15) is 0 Å². The van der Waals surface area contributed by atoms with E-state index in [4.69, 9.17) is 0 Å². The summed E-state index contributed by atoms with van der Waals surface area (Å²) in [5, 5.41) is 5.87. The number of anilines is 2. The second-order valence-electron chi connectivity index (χ2n) is 4.68. The maximum absolute atomic E-state index is 12.7. The molecule has 2 aliphatic rings. The largest absolute Gasteiger partial charge is 0.384 e. The standard InChI is InChI=1S/C12H12F2N2O/c13-9(14)4-12-5-10(17)16-8-3-1-2-7(11(8)12)15-6-12/h1-3,9,15H,4-6H2,(H,16,17). The molecule has 1 amide bonds. The van der Waals surface area contributed by atoms with E-state index in [-0.39, 0.29) is 18.7 Å². The van der Waals surface area contributed by atoms with Gasteiger partial charge in [0.25, 0.3) is 0 Å². The lowest BCUT2D eigenvalue weighted by atomic mass is 9.73. The summed E-state index contributed by atoms with van der Waals surface area (Å²) < 4.78 is 25.5. The average molecular weight is 238 g/mol. The number of hydrogen-bond acceptors (Lipinski definition) is 2. The molecule has 3 rings (SSSR count). The highest BCUT2D eigenvalue weighted by Crippen LogP contribution is 2.49. The van der Waals surface area contributed by atoms with E-state index in [0.29, 0.717) is 12.2 Å². The lowest BCUT2D eigenvalue weighted by Gasteiger charge is -2.33. The molecular formula is C12H12F2N2O. The Bertz CT molecular complexity index is 489. The monoisotopic (exact) mass is 238 g/mol. The van der Waals surface area contributed by atoms with Crippen LogP contribution in [0.2, 0.25) is 0 Å². The van der Waals surface area contributed by atoms with Gasteiger partial charge in [-0.25, -0.2) is 8.78 Å². The van der Waals surface area contributed by atoms with Crippen LogP contribution in [0.25, 0.3) is 0 Å². The number of halogens is 2. The van der Waals surface area contributed by atoms with E-state index in [1.165, 1.54) is 0 Å². The van der Waals surface area contributed by atoms with Crippen LogP contribution in [-0.4, -0.2) is 18.9 Å². The maximum atomic E-state index is 12.7. The number of alkyl halides is 2. The molecule has 1 unspecified atom stereocenters. The quantitative estimate of drug-likeness (QED) is 0.830. The predicted octanol–water partition coefficient (Wildman–Crippen LogP) is 2.35. The second-order valence-corrected chi connectivity index (χ2v) is 4.68. The van der Waals surface area contributed by atoms with Gasteiger partial charge >= 0.3 is 0 Å². The minimum absolute atomic E-state index is 0.133. The van der Waals surface area contributed by atoms with Crippen molar-refractivity contribution in [1.29, 1.82) is 0 Å². The zero-order valence-electron chi connectivity index (χ0n) is 9.09. The van der Waals surface area contributed by atoms with Gasteiger partial charge in [0.2, 0.25) is 12.3 Å². The highest BCUT2D eigenvalue weighted by molar-refractivity contribution is 5.98. The molecule has 0 aliphatic carbocycles. The van der Waals surface area contributed by atoms with Crippen molar-refractivity contribution >= 4 is 17.3 Å². The van der Waals surface area contributed by atoms with E-state index in [1.807, 2.05) is 12.1 Å². The first-order valence-corrected chi connectivity index (χ1v) is 5.56. The smallest absolute Gasteiger partial charge is 0.239 e. The molecule has 2 heterocycles. The molecule has 0 aromatic heterocycles. The van der Waals surface area contributed by atoms with Gasteiger partial charge in [-0.1, -0.05) is 6.07 Å². The number of rotatable bonds is 2. The van der Waals surface area contributed by atoms with Crippen LogP contribution in [0.1, 0.15) is 18.4 Å². The van der Waals surface area contributed by atoms with Crippen molar-refractivity contribution in [3.05, 3.63) is 23.8 Å². The number of nitrogens with one attached hydrogen (secondary N) is 2. The molecule has 2 N–H and O–H groups in total. The molecule has 5 heteroatoms. The molecular weight excluding hydrogens is 226 g/mol. The SMILES string of the molecule is O=C1CC2(CC(F)F)CNc3cccc(c32)N1. The third kappa shape index (κ3) is 1.49. The van der Waals surface area contributed by atoms with Gasteiger partial charge in [-0.15, -0.1) is 0 Å². The lowest BCUT2D eigenvalue weighted by molar-refractivity contribution is -0.118. The van der Waals surface area contributed by atoms with Crippen molar-refractivity contribution in [2.24, 2.45) is 0 Å². The van der Waals surface area contributed by atoms with Crippen LogP contribution < -0.4 is 10.6 Å². The Morgan fingerprint density at radius 1 is 1.35 bits per heavy atom. The van der Waals surface area contributed by atoms with Crippen LogP contribution in [0.3, 0.4) is 0 Å². The van der Waals surface area contributed by atoms with E-state index < -0.39 is 11.8 Å². The van der Waals surface area contributed by atoms with Gasteiger partial charge in [0.15, 0.2) is 0 Å². The number of hydrogen-bond donors (Lipinski definition) is 2. The van der Waals surface area contributed by atoms with Gasteiger partial charge in [0.1, 0.15) is 0 Å². The fraction of sp³-hybridized carbons (Fsp3) is 0.417. The van der Waals surface area contributed by atoms with Crippen LogP contribution >= 0.6 is 0 Å². The van der Waals surface area contributed by atoms with Crippen molar-refractivity contribution in [3.63, 3.8) is 0 Å². The third-order valence-electron chi connectivity index (χ3n) is 3.53. The van der Waals surface area contributed by atoms with E-state index >= 15 is 0 Å². The molecule has 0 bridgehead atoms. The zero-order chi connectivity index (χ0) is 12.0. The van der Waals surface area contributed by atoms with Crippen molar-refractivity contribution in [1.82, 2.24) is 0 Å². The molecule has 1 atom stereocenters. The van der Waals surface area contributed by atoms with Crippen molar-refractivity contribution in [3.8, 4) is 0 Å². The summed E-state index contributed by atoms with van der Waals surface area (Å²) in [7, 11) is 0. The zero-order valence-corrected chi connectivity index (χ0v) is 9.09. The summed E-state index contributed by atoms with van der Waals surface area (Å²) in [6, 6.07) is 5.44. The van der Waals surface area contributed by atoms with Crippen molar-refractivity contribution in [2.75, 3.05) is 17.2 Å². The van der Waals surface area contributed by atoms with Gasteiger partial charge in [0.05, 0.1) is 0 Å². The van der Waals surface area contributed by atoms with Crippen molar-refractivity contribution in [2.45, 2.75) is 24.7 Å². The Kier molecular flexibility index (Phi) is 2.11. The van der Waals surface area contributed by atoms with Gasteiger partial charge in [0, 0.05) is 41.7 Å². The second kappa shape index (κ2) is 3.42. The number of carbonyl (C=O) groups excluding carboxylic acids is 1. The molecule has 0 fully saturated rings. The van der Waals surface area contributed by atoms with E-state index in [1.54, 1.807) is 6.07 Å². The van der Waals surface area contributed by atoms with Crippen LogP contribution in [0.4, 0.5) is 20.2 Å². The number of amides is 1. The Morgan fingerprint density at radius 2 is 2.12 bits per heavy atom. The molecule has 17 heavy (non-hydrogen) atoms. The van der Waals surface area contributed by atoms with Gasteiger partial charge < -0.3 is 10.6 Å². The van der Waals surface area contributed by atoms with Crippen LogP contribution in [0.15, 0.2) is 18.2 Å². The van der Waals surface area contributed by atoms with Crippen LogP contribution in [0, 0.1) is 0 Å². The van der Waals surface area contributed by atoms with E-state index in [9.17, 15) is 13.6 Å². The third-order valence-corrected chi connectivity index (χ3v) is 3.53. The molecule has 1 aromatic carbocycles. The van der Waals surface area contributed by atoms with Gasteiger partial charge in [-0.3, -0.25) is 4.79 Å². The molecule has 90 valence electrons. The van der Waals surface area contributed by atoms with Gasteiger partial charge in [-0.05, 0) is 12.1 Å². The summed E-state index contributed by atoms with van der Waals surface area (Å²) in [5.41, 5.74) is 1.65. The highest BCUT2D eigenvalue weighted by Gasteiger charge is 2.46. The number of benzene rings is 1. The summed E-state index contributed by atoms with van der Waals surface area (Å²) in [6.07, 6.45) is -2.53. The van der Waals surface area contributed by atoms with E-state index in [2.05, 4.69) is 10.6 Å². The Labute approximate surface area is 97.2 Å². The summed E-state index contributed by atoms with van der Waals surface area (Å²) in [6.45, 7) is 0.414. The normalized spacial score (nSPS) is 25.5. The maximum Gasteiger partial charge on any atom is 0.239 e. The first-order valence-electron chi connectivity index (χ1n) is 5.56. The van der Waals surface area contributed by atoms with Crippen LogP contribution in [-0.2, 0) is 10.2 Å². The Morgan fingerprint density at radius 3 is 2.88 bits per heavy atom. The first-order chi connectivity index (χ1) is 8.11. The Hall–Kier alpha value is -1.65. The molecule has 0 saturated carbocycles. The molecule has 0 spiro atoms. The summed E-state index contributed by atoms with van der Waals surface area (Å²) in [5.74, 6) is -0.181. The fourth-order valence-electron chi connectivity index (χ4n) is 2.92. The molecule has 3 nitrogen and oxygen atoms in total. The Balaban J connectivity index is 2.14. The number of carbonyl (C=O) groups is 1. The minimum atomic E-state index is -2.40. The predicted molar refractivity (Wildman–Crippen MR) is 60.5 cm³/mol. The van der Waals surface area contributed by atoms with E-state index in [0.717, 1.165) is 11.3 Å². The average Bonchev–Trinajstić information content (AvgIpc) is 2.57. The van der Waals surface area contributed by atoms with Crippen LogP contribution in [0.5, 0.6) is 0 Å².